The van der Waals surface area contributed by atoms with E-state index in [0.717, 1.165) is 28.0 Å². The van der Waals surface area contributed by atoms with E-state index in [4.69, 9.17) is 14.6 Å². The third kappa shape index (κ3) is 5.35. The number of hydrogen-bond donors (Lipinski definition) is 2. The van der Waals surface area contributed by atoms with Crippen LogP contribution in [-0.2, 0) is 6.61 Å². The molecule has 3 aromatic carbocycles. The van der Waals surface area contributed by atoms with Crippen molar-refractivity contribution in [1.82, 2.24) is 0 Å². The zero-order valence-corrected chi connectivity index (χ0v) is 16.3. The van der Waals surface area contributed by atoms with Crippen molar-refractivity contribution in [3.8, 4) is 22.6 Å². The lowest BCUT2D eigenvalue weighted by atomic mass is 10.0. The lowest BCUT2D eigenvalue weighted by Gasteiger charge is -2.13. The van der Waals surface area contributed by atoms with Crippen molar-refractivity contribution in [3.05, 3.63) is 83.4 Å². The molecule has 146 valence electrons. The van der Waals surface area contributed by atoms with Crippen LogP contribution in [-0.4, -0.2) is 29.5 Å². The minimum absolute atomic E-state index is 0.0717. The smallest absolute Gasteiger partial charge is 0.119 e. The monoisotopic (exact) mass is 378 g/mol. The first-order chi connectivity index (χ1) is 13.5. The van der Waals surface area contributed by atoms with Crippen molar-refractivity contribution in [1.29, 1.82) is 0 Å². The van der Waals surface area contributed by atoms with Crippen LogP contribution in [0.1, 0.15) is 16.7 Å². The van der Waals surface area contributed by atoms with Crippen LogP contribution in [0.4, 0.5) is 0 Å². The molecule has 0 aliphatic carbocycles. The fraction of sp³-hybridized carbons (Fsp3) is 0.250. The number of rotatable bonds is 8. The zero-order valence-electron chi connectivity index (χ0n) is 16.3. The summed E-state index contributed by atoms with van der Waals surface area (Å²) in [6.07, 6.45) is -0.868. The quantitative estimate of drug-likeness (QED) is 0.614. The molecule has 1 atom stereocenters. The average Bonchev–Trinajstić information content (AvgIpc) is 2.72. The summed E-state index contributed by atoms with van der Waals surface area (Å²) in [5, 5.41) is 18.2. The number of hydrogen-bond acceptors (Lipinski definition) is 4. The van der Waals surface area contributed by atoms with Gasteiger partial charge in [0.05, 0.1) is 6.61 Å². The third-order valence-electron chi connectivity index (χ3n) is 4.54. The molecule has 3 aromatic rings. The molecule has 0 heterocycles. The maximum Gasteiger partial charge on any atom is 0.119 e. The van der Waals surface area contributed by atoms with Gasteiger partial charge in [-0.2, -0.15) is 0 Å². The van der Waals surface area contributed by atoms with Crippen LogP contribution < -0.4 is 9.47 Å². The predicted octanol–water partition coefficient (Wildman–Crippen LogP) is 4.28. The molecule has 4 heteroatoms. The normalized spacial score (nSPS) is 11.9. The summed E-state index contributed by atoms with van der Waals surface area (Å²) in [4.78, 5) is 0. The molecule has 0 fully saturated rings. The van der Waals surface area contributed by atoms with Crippen LogP contribution >= 0.6 is 0 Å². The minimum Gasteiger partial charge on any atom is -0.491 e. The van der Waals surface area contributed by atoms with E-state index < -0.39 is 6.10 Å². The van der Waals surface area contributed by atoms with Gasteiger partial charge in [0, 0.05) is 0 Å². The van der Waals surface area contributed by atoms with Gasteiger partial charge >= 0.3 is 0 Å². The zero-order chi connectivity index (χ0) is 19.9. The van der Waals surface area contributed by atoms with Crippen molar-refractivity contribution < 1.29 is 19.7 Å². The molecule has 0 radical (unpaired) electrons. The number of ether oxygens (including phenoxy) is 2. The van der Waals surface area contributed by atoms with E-state index >= 15 is 0 Å². The van der Waals surface area contributed by atoms with Crippen LogP contribution in [0.15, 0.2) is 66.7 Å². The summed E-state index contributed by atoms with van der Waals surface area (Å²) >= 11 is 0. The van der Waals surface area contributed by atoms with Crippen LogP contribution in [0, 0.1) is 13.8 Å². The maximum absolute atomic E-state index is 9.39. The summed E-state index contributed by atoms with van der Waals surface area (Å²) in [7, 11) is 0. The van der Waals surface area contributed by atoms with E-state index in [2.05, 4.69) is 31.2 Å². The highest BCUT2D eigenvalue weighted by atomic mass is 16.5. The molecule has 0 saturated heterocycles. The highest BCUT2D eigenvalue weighted by Gasteiger charge is 2.07. The first kappa shape index (κ1) is 19.9. The molecule has 0 saturated carbocycles. The van der Waals surface area contributed by atoms with E-state index in [-0.39, 0.29) is 13.2 Å². The van der Waals surface area contributed by atoms with Gasteiger partial charge < -0.3 is 19.7 Å². The van der Waals surface area contributed by atoms with Crippen LogP contribution in [0.5, 0.6) is 11.5 Å². The second-order valence-electron chi connectivity index (χ2n) is 6.92. The van der Waals surface area contributed by atoms with Gasteiger partial charge in [0.2, 0.25) is 0 Å². The highest BCUT2D eigenvalue weighted by Crippen LogP contribution is 2.28. The third-order valence-corrected chi connectivity index (χ3v) is 4.54. The number of benzene rings is 3. The molecule has 3 rings (SSSR count). The van der Waals surface area contributed by atoms with Gasteiger partial charge in [0.25, 0.3) is 0 Å². The Morgan fingerprint density at radius 1 is 0.821 bits per heavy atom. The van der Waals surface area contributed by atoms with Crippen molar-refractivity contribution in [2.24, 2.45) is 0 Å². The molecular weight excluding hydrogens is 352 g/mol. The number of aryl methyl sites for hydroxylation is 2. The number of aliphatic hydroxyl groups excluding tert-OH is 2. The molecule has 2 N–H and O–H groups in total. The van der Waals surface area contributed by atoms with Crippen molar-refractivity contribution >= 4 is 0 Å². The average molecular weight is 378 g/mol. The van der Waals surface area contributed by atoms with Gasteiger partial charge in [-0.05, 0) is 60.4 Å². The van der Waals surface area contributed by atoms with Gasteiger partial charge in [0.15, 0.2) is 0 Å². The molecular formula is C24H26O4. The molecule has 0 bridgehead atoms. The fourth-order valence-electron chi connectivity index (χ4n) is 2.88. The van der Waals surface area contributed by atoms with Crippen LogP contribution in [0.3, 0.4) is 0 Å². The Morgan fingerprint density at radius 2 is 1.50 bits per heavy atom. The highest BCUT2D eigenvalue weighted by molar-refractivity contribution is 5.68. The van der Waals surface area contributed by atoms with E-state index in [0.29, 0.717) is 12.4 Å². The summed E-state index contributed by atoms with van der Waals surface area (Å²) in [6.45, 7) is 4.40. The Labute approximate surface area is 166 Å². The first-order valence-electron chi connectivity index (χ1n) is 9.36. The molecule has 1 unspecified atom stereocenters. The number of aliphatic hydroxyl groups is 2. The molecule has 0 aliphatic heterocycles. The van der Waals surface area contributed by atoms with Gasteiger partial charge in [-0.3, -0.25) is 0 Å². The minimum atomic E-state index is -0.868. The Bertz CT molecular complexity index is 885. The molecule has 28 heavy (non-hydrogen) atoms. The fourth-order valence-corrected chi connectivity index (χ4v) is 2.88. The standard InChI is InChI=1S/C24H26O4/c1-17-3-5-19(6-4-17)15-27-22-9-7-20(8-10-22)24-12-11-23(13-18(24)2)28-16-21(26)14-25/h3-13,21,25-26H,14-16H2,1-2H3. The summed E-state index contributed by atoms with van der Waals surface area (Å²) < 4.78 is 11.4. The predicted molar refractivity (Wildman–Crippen MR) is 111 cm³/mol. The second-order valence-corrected chi connectivity index (χ2v) is 6.92. The Kier molecular flexibility index (Phi) is 6.69. The summed E-state index contributed by atoms with van der Waals surface area (Å²) in [5.41, 5.74) is 5.67. The Balaban J connectivity index is 1.63. The second kappa shape index (κ2) is 9.40. The molecule has 0 aliphatic rings. The molecule has 0 spiro atoms. The summed E-state index contributed by atoms with van der Waals surface area (Å²) in [5.74, 6) is 1.51. The van der Waals surface area contributed by atoms with E-state index in [9.17, 15) is 5.11 Å². The SMILES string of the molecule is Cc1ccc(COc2ccc(-c3ccc(OCC(O)CO)cc3C)cc2)cc1. The van der Waals surface area contributed by atoms with Crippen molar-refractivity contribution in [3.63, 3.8) is 0 Å². The topological polar surface area (TPSA) is 58.9 Å². The molecule has 0 aromatic heterocycles. The first-order valence-corrected chi connectivity index (χ1v) is 9.36. The van der Waals surface area contributed by atoms with Gasteiger partial charge in [-0.25, -0.2) is 0 Å². The van der Waals surface area contributed by atoms with Gasteiger partial charge in [0.1, 0.15) is 30.8 Å². The van der Waals surface area contributed by atoms with Crippen LogP contribution in [0.25, 0.3) is 11.1 Å². The Hall–Kier alpha value is -2.82. The van der Waals surface area contributed by atoms with Crippen LogP contribution in [0.2, 0.25) is 0 Å². The van der Waals surface area contributed by atoms with E-state index in [1.807, 2.05) is 49.4 Å². The van der Waals surface area contributed by atoms with E-state index in [1.165, 1.54) is 5.56 Å². The van der Waals surface area contributed by atoms with E-state index in [1.54, 1.807) is 0 Å². The Morgan fingerprint density at radius 3 is 2.14 bits per heavy atom. The van der Waals surface area contributed by atoms with Crippen molar-refractivity contribution in [2.45, 2.75) is 26.6 Å². The maximum atomic E-state index is 9.39. The molecule has 4 nitrogen and oxygen atoms in total. The van der Waals surface area contributed by atoms with Crippen molar-refractivity contribution in [2.75, 3.05) is 13.2 Å². The van der Waals surface area contributed by atoms with Gasteiger partial charge in [-0.1, -0.05) is 48.0 Å². The lowest BCUT2D eigenvalue weighted by Crippen LogP contribution is -2.21. The largest absolute Gasteiger partial charge is 0.491 e. The molecule has 0 amide bonds. The van der Waals surface area contributed by atoms with Gasteiger partial charge in [-0.15, -0.1) is 0 Å². The summed E-state index contributed by atoms with van der Waals surface area (Å²) in [6, 6.07) is 22.2. The lowest BCUT2D eigenvalue weighted by molar-refractivity contribution is 0.0536.